The molecule has 0 atom stereocenters. The van der Waals surface area contributed by atoms with Crippen molar-refractivity contribution in [2.45, 2.75) is 39.8 Å². The summed E-state index contributed by atoms with van der Waals surface area (Å²) in [5.74, 6) is 0.00574. The van der Waals surface area contributed by atoms with E-state index in [2.05, 4.69) is 36.3 Å². The van der Waals surface area contributed by atoms with Gasteiger partial charge in [0.05, 0.1) is 6.54 Å². The lowest BCUT2D eigenvalue weighted by molar-refractivity contribution is -0.119. The minimum absolute atomic E-state index is 0.00574. The van der Waals surface area contributed by atoms with Gasteiger partial charge < -0.3 is 15.5 Å². The number of rotatable bonds is 8. The van der Waals surface area contributed by atoms with Crippen molar-refractivity contribution in [3.8, 4) is 0 Å². The monoisotopic (exact) mass is 311 g/mol. The summed E-state index contributed by atoms with van der Waals surface area (Å²) in [5, 5.41) is 6.79. The van der Waals surface area contributed by atoms with Crippen molar-refractivity contribution in [3.05, 3.63) is 28.8 Å². The van der Waals surface area contributed by atoms with Gasteiger partial charge in [-0.25, -0.2) is 0 Å². The number of carbonyl (C=O) groups is 1. The Bertz CT molecular complexity index is 463. The van der Waals surface area contributed by atoms with Crippen LogP contribution < -0.4 is 15.5 Å². The van der Waals surface area contributed by atoms with Crippen molar-refractivity contribution in [1.29, 1.82) is 0 Å². The zero-order valence-corrected chi connectivity index (χ0v) is 14.1. The predicted molar refractivity (Wildman–Crippen MR) is 90.0 cm³/mol. The summed E-state index contributed by atoms with van der Waals surface area (Å²) in [6, 6.07) is 6.27. The van der Waals surface area contributed by atoms with Crippen molar-refractivity contribution in [2.75, 3.05) is 25.0 Å². The van der Waals surface area contributed by atoms with Crippen LogP contribution in [0.5, 0.6) is 0 Å². The van der Waals surface area contributed by atoms with Gasteiger partial charge in [0.15, 0.2) is 0 Å². The highest BCUT2D eigenvalue weighted by Crippen LogP contribution is 2.25. The summed E-state index contributed by atoms with van der Waals surface area (Å²) in [5.41, 5.74) is 2.19. The minimum Gasteiger partial charge on any atom is -0.362 e. The average Bonchev–Trinajstić information content (AvgIpc) is 2.45. The molecular formula is C16H26ClN3O. The number of nitrogens with one attached hydrogen (secondary N) is 2. The molecule has 0 heterocycles. The number of benzene rings is 1. The third-order valence-corrected chi connectivity index (χ3v) is 3.43. The molecule has 0 bridgehead atoms. The van der Waals surface area contributed by atoms with Crippen LogP contribution in [0.4, 0.5) is 5.69 Å². The van der Waals surface area contributed by atoms with Crippen LogP contribution in [0.2, 0.25) is 5.02 Å². The van der Waals surface area contributed by atoms with Gasteiger partial charge in [-0.05, 0) is 24.1 Å². The highest BCUT2D eigenvalue weighted by Gasteiger charge is 2.14. The van der Waals surface area contributed by atoms with Gasteiger partial charge in [-0.15, -0.1) is 0 Å². The molecule has 0 spiro atoms. The summed E-state index contributed by atoms with van der Waals surface area (Å²) < 4.78 is 0. The van der Waals surface area contributed by atoms with E-state index in [0.717, 1.165) is 30.8 Å². The first kappa shape index (κ1) is 17.8. The fourth-order valence-corrected chi connectivity index (χ4v) is 2.27. The van der Waals surface area contributed by atoms with Crippen LogP contribution in [0.15, 0.2) is 18.2 Å². The summed E-state index contributed by atoms with van der Waals surface area (Å²) >= 11 is 6.15. The quantitative estimate of drug-likeness (QED) is 0.776. The molecule has 0 aliphatic rings. The maximum absolute atomic E-state index is 11.7. The number of carbonyl (C=O) groups excluding carboxylic acids is 1. The summed E-state index contributed by atoms with van der Waals surface area (Å²) in [6.07, 6.45) is 0.973. The molecule has 0 unspecified atom stereocenters. The van der Waals surface area contributed by atoms with Crippen LogP contribution >= 0.6 is 11.6 Å². The van der Waals surface area contributed by atoms with Gasteiger partial charge in [-0.1, -0.05) is 38.4 Å². The number of halogens is 1. The van der Waals surface area contributed by atoms with Crippen molar-refractivity contribution in [2.24, 2.45) is 0 Å². The lowest BCUT2D eigenvalue weighted by atomic mass is 10.1. The summed E-state index contributed by atoms with van der Waals surface area (Å²) in [4.78, 5) is 13.8. The average molecular weight is 312 g/mol. The molecule has 0 aliphatic heterocycles. The number of anilines is 1. The molecule has 1 aromatic rings. The Morgan fingerprint density at radius 3 is 2.67 bits per heavy atom. The maximum Gasteiger partial charge on any atom is 0.239 e. The van der Waals surface area contributed by atoms with Gasteiger partial charge in [0.25, 0.3) is 0 Å². The molecule has 0 fully saturated rings. The van der Waals surface area contributed by atoms with Crippen LogP contribution in [0.1, 0.15) is 32.8 Å². The molecule has 5 heteroatoms. The molecule has 4 nitrogen and oxygen atoms in total. The molecular weight excluding hydrogens is 286 g/mol. The molecule has 2 N–H and O–H groups in total. The number of nitrogens with zero attached hydrogens (tertiary/aromatic N) is 1. The normalized spacial score (nSPS) is 10.8. The summed E-state index contributed by atoms with van der Waals surface area (Å²) in [6.45, 7) is 8.27. The van der Waals surface area contributed by atoms with E-state index in [1.165, 1.54) is 0 Å². The van der Waals surface area contributed by atoms with Crippen LogP contribution in [0.3, 0.4) is 0 Å². The molecule has 0 aromatic heterocycles. The molecule has 118 valence electrons. The highest BCUT2D eigenvalue weighted by molar-refractivity contribution is 6.30. The first-order valence-electron chi connectivity index (χ1n) is 7.45. The van der Waals surface area contributed by atoms with Crippen LogP contribution in [-0.2, 0) is 11.3 Å². The molecule has 0 radical (unpaired) electrons. The van der Waals surface area contributed by atoms with E-state index in [1.54, 1.807) is 7.05 Å². The zero-order chi connectivity index (χ0) is 15.8. The van der Waals surface area contributed by atoms with Crippen LogP contribution in [0, 0.1) is 0 Å². The maximum atomic E-state index is 11.7. The smallest absolute Gasteiger partial charge is 0.239 e. The third kappa shape index (κ3) is 5.94. The lowest BCUT2D eigenvalue weighted by Gasteiger charge is -2.26. The van der Waals surface area contributed by atoms with Crippen molar-refractivity contribution in [1.82, 2.24) is 10.6 Å². The minimum atomic E-state index is 0.00574. The summed E-state index contributed by atoms with van der Waals surface area (Å²) in [7, 11) is 1.66. The molecule has 0 aliphatic carbocycles. The van der Waals surface area contributed by atoms with Gasteiger partial charge in [0.2, 0.25) is 5.91 Å². The van der Waals surface area contributed by atoms with Gasteiger partial charge in [0.1, 0.15) is 0 Å². The molecule has 1 rings (SSSR count). The Hall–Kier alpha value is -1.26. The predicted octanol–water partition coefficient (Wildman–Crippen LogP) is 2.80. The molecule has 21 heavy (non-hydrogen) atoms. The van der Waals surface area contributed by atoms with Crippen LogP contribution in [0.25, 0.3) is 0 Å². The third-order valence-electron chi connectivity index (χ3n) is 3.20. The standard InChI is InChI=1S/C16H26ClN3O/c1-5-8-20(11-16(21)18-4)15-9-14(17)7-6-13(15)10-19-12(2)3/h6-7,9,12,19H,5,8,10-11H2,1-4H3,(H,18,21). The lowest BCUT2D eigenvalue weighted by Crippen LogP contribution is -2.37. The second kappa shape index (κ2) is 8.90. The number of hydrogen-bond donors (Lipinski definition) is 2. The van der Waals surface area contributed by atoms with Gasteiger partial charge >= 0.3 is 0 Å². The van der Waals surface area contributed by atoms with E-state index < -0.39 is 0 Å². The Morgan fingerprint density at radius 2 is 2.10 bits per heavy atom. The number of hydrogen-bond acceptors (Lipinski definition) is 3. The first-order chi connectivity index (χ1) is 9.97. The van der Waals surface area contributed by atoms with E-state index in [4.69, 9.17) is 11.6 Å². The second-order valence-electron chi connectivity index (χ2n) is 5.40. The Kier molecular flexibility index (Phi) is 7.54. The van der Waals surface area contributed by atoms with E-state index in [0.29, 0.717) is 17.6 Å². The number of likely N-dealkylation sites (N-methyl/N-ethyl adjacent to an activating group) is 1. The molecule has 1 amide bonds. The zero-order valence-electron chi connectivity index (χ0n) is 13.4. The topological polar surface area (TPSA) is 44.4 Å². The van der Waals surface area contributed by atoms with Crippen LogP contribution in [-0.4, -0.2) is 32.1 Å². The fraction of sp³-hybridized carbons (Fsp3) is 0.562. The largest absolute Gasteiger partial charge is 0.362 e. The van der Waals surface area contributed by atoms with E-state index >= 15 is 0 Å². The molecule has 1 aromatic carbocycles. The van der Waals surface area contributed by atoms with Crippen molar-refractivity contribution >= 4 is 23.2 Å². The van der Waals surface area contributed by atoms with Crippen molar-refractivity contribution < 1.29 is 4.79 Å². The second-order valence-corrected chi connectivity index (χ2v) is 5.84. The first-order valence-corrected chi connectivity index (χ1v) is 7.83. The van der Waals surface area contributed by atoms with E-state index in [-0.39, 0.29) is 5.91 Å². The molecule has 0 saturated carbocycles. The SMILES string of the molecule is CCCN(CC(=O)NC)c1cc(Cl)ccc1CNC(C)C. The van der Waals surface area contributed by atoms with Crippen molar-refractivity contribution in [3.63, 3.8) is 0 Å². The van der Waals surface area contributed by atoms with E-state index in [1.807, 2.05) is 18.2 Å². The Labute approximate surface area is 132 Å². The fourth-order valence-electron chi connectivity index (χ4n) is 2.10. The Balaban J connectivity index is 3.02. The number of amides is 1. The van der Waals surface area contributed by atoms with Gasteiger partial charge in [0, 0.05) is 36.9 Å². The van der Waals surface area contributed by atoms with Gasteiger partial charge in [-0.2, -0.15) is 0 Å². The van der Waals surface area contributed by atoms with Gasteiger partial charge in [-0.3, -0.25) is 4.79 Å². The molecule has 0 saturated heterocycles. The highest BCUT2D eigenvalue weighted by atomic mass is 35.5. The Morgan fingerprint density at radius 1 is 1.38 bits per heavy atom. The van der Waals surface area contributed by atoms with E-state index in [9.17, 15) is 4.79 Å².